The molecule has 2 aromatic rings. The summed E-state index contributed by atoms with van der Waals surface area (Å²) in [4.78, 5) is 0. The first-order valence-electron chi connectivity index (χ1n) is 5.94. The number of aliphatic hydroxyl groups excluding tert-OH is 1. The van der Waals surface area contributed by atoms with E-state index in [0.717, 1.165) is 16.6 Å². The SMILES string of the molecule is O[C@H](CNCc1ccc(Br)cc1)c1ccccc1. The Morgan fingerprint density at radius 2 is 1.67 bits per heavy atom. The molecule has 0 aliphatic rings. The molecule has 0 saturated heterocycles. The smallest absolute Gasteiger partial charge is 0.0914 e. The minimum atomic E-state index is -0.457. The quantitative estimate of drug-likeness (QED) is 0.888. The first-order valence-corrected chi connectivity index (χ1v) is 6.73. The third kappa shape index (κ3) is 3.95. The Morgan fingerprint density at radius 3 is 2.33 bits per heavy atom. The Morgan fingerprint density at radius 1 is 1.00 bits per heavy atom. The standard InChI is InChI=1S/C15H16BrNO/c16-14-8-6-12(7-9-14)10-17-11-15(18)13-4-2-1-3-5-13/h1-9,15,17-18H,10-11H2/t15-/m1/s1. The zero-order valence-electron chi connectivity index (χ0n) is 10.0. The molecule has 0 heterocycles. The van der Waals surface area contributed by atoms with Crippen LogP contribution in [0, 0.1) is 0 Å². The van der Waals surface area contributed by atoms with E-state index in [0.29, 0.717) is 6.54 Å². The highest BCUT2D eigenvalue weighted by atomic mass is 79.9. The number of benzene rings is 2. The maximum absolute atomic E-state index is 9.97. The predicted octanol–water partition coefficient (Wildman–Crippen LogP) is 3.27. The molecule has 0 aliphatic carbocycles. The largest absolute Gasteiger partial charge is 0.387 e. The van der Waals surface area contributed by atoms with E-state index in [1.807, 2.05) is 42.5 Å². The lowest BCUT2D eigenvalue weighted by atomic mass is 10.1. The fraction of sp³-hybridized carbons (Fsp3) is 0.200. The summed E-state index contributed by atoms with van der Waals surface area (Å²) in [5, 5.41) is 13.2. The Labute approximate surface area is 116 Å². The van der Waals surface area contributed by atoms with Crippen LogP contribution in [-0.2, 0) is 6.54 Å². The predicted molar refractivity (Wildman–Crippen MR) is 77.3 cm³/mol. The third-order valence-electron chi connectivity index (χ3n) is 2.76. The van der Waals surface area contributed by atoms with Crippen molar-refractivity contribution in [2.45, 2.75) is 12.6 Å². The van der Waals surface area contributed by atoms with Gasteiger partial charge in [-0.05, 0) is 23.3 Å². The summed E-state index contributed by atoms with van der Waals surface area (Å²) in [7, 11) is 0. The fourth-order valence-electron chi connectivity index (χ4n) is 1.75. The van der Waals surface area contributed by atoms with Gasteiger partial charge in [0.25, 0.3) is 0 Å². The van der Waals surface area contributed by atoms with E-state index >= 15 is 0 Å². The second-order valence-electron chi connectivity index (χ2n) is 4.18. The summed E-state index contributed by atoms with van der Waals surface area (Å²) in [6.07, 6.45) is -0.457. The summed E-state index contributed by atoms with van der Waals surface area (Å²) in [5.74, 6) is 0. The van der Waals surface area contributed by atoms with E-state index in [1.165, 1.54) is 5.56 Å². The molecule has 0 aromatic heterocycles. The van der Waals surface area contributed by atoms with Crippen molar-refractivity contribution in [3.8, 4) is 0 Å². The maximum Gasteiger partial charge on any atom is 0.0914 e. The molecule has 0 amide bonds. The molecular formula is C15H16BrNO. The lowest BCUT2D eigenvalue weighted by molar-refractivity contribution is 0.174. The molecule has 0 aliphatic heterocycles. The van der Waals surface area contributed by atoms with E-state index in [4.69, 9.17) is 0 Å². The van der Waals surface area contributed by atoms with Gasteiger partial charge in [0.15, 0.2) is 0 Å². The van der Waals surface area contributed by atoms with Crippen LogP contribution in [0.4, 0.5) is 0 Å². The molecule has 2 N–H and O–H groups in total. The Balaban J connectivity index is 1.80. The van der Waals surface area contributed by atoms with Crippen LogP contribution in [0.2, 0.25) is 0 Å². The van der Waals surface area contributed by atoms with Crippen LogP contribution in [0.5, 0.6) is 0 Å². The van der Waals surface area contributed by atoms with Crippen LogP contribution in [0.1, 0.15) is 17.2 Å². The summed E-state index contributed by atoms with van der Waals surface area (Å²) < 4.78 is 1.08. The minimum Gasteiger partial charge on any atom is -0.387 e. The molecule has 18 heavy (non-hydrogen) atoms. The molecule has 0 saturated carbocycles. The molecule has 0 spiro atoms. The van der Waals surface area contributed by atoms with Gasteiger partial charge in [0.1, 0.15) is 0 Å². The number of hydrogen-bond donors (Lipinski definition) is 2. The first-order chi connectivity index (χ1) is 8.75. The van der Waals surface area contributed by atoms with Gasteiger partial charge in [0.05, 0.1) is 6.10 Å². The average molecular weight is 306 g/mol. The van der Waals surface area contributed by atoms with Crippen molar-refractivity contribution in [2.75, 3.05) is 6.54 Å². The molecule has 94 valence electrons. The molecular weight excluding hydrogens is 290 g/mol. The van der Waals surface area contributed by atoms with E-state index < -0.39 is 6.10 Å². The molecule has 0 bridgehead atoms. The second kappa shape index (κ2) is 6.69. The topological polar surface area (TPSA) is 32.3 Å². The van der Waals surface area contributed by atoms with E-state index in [-0.39, 0.29) is 0 Å². The number of nitrogens with one attached hydrogen (secondary N) is 1. The van der Waals surface area contributed by atoms with Gasteiger partial charge in [-0.25, -0.2) is 0 Å². The second-order valence-corrected chi connectivity index (χ2v) is 5.10. The summed E-state index contributed by atoms with van der Waals surface area (Å²) >= 11 is 3.41. The van der Waals surface area contributed by atoms with Crippen molar-refractivity contribution in [1.82, 2.24) is 5.32 Å². The van der Waals surface area contributed by atoms with Gasteiger partial charge < -0.3 is 10.4 Å². The molecule has 1 atom stereocenters. The maximum atomic E-state index is 9.97. The average Bonchev–Trinajstić information content (AvgIpc) is 2.42. The van der Waals surface area contributed by atoms with Crippen LogP contribution in [-0.4, -0.2) is 11.7 Å². The third-order valence-corrected chi connectivity index (χ3v) is 3.29. The van der Waals surface area contributed by atoms with Crippen LogP contribution < -0.4 is 5.32 Å². The fourth-order valence-corrected chi connectivity index (χ4v) is 2.01. The summed E-state index contributed by atoms with van der Waals surface area (Å²) in [6.45, 7) is 1.32. The Hall–Kier alpha value is -1.16. The highest BCUT2D eigenvalue weighted by Gasteiger charge is 2.05. The summed E-state index contributed by atoms with van der Waals surface area (Å²) in [5.41, 5.74) is 2.15. The lowest BCUT2D eigenvalue weighted by Crippen LogP contribution is -2.20. The van der Waals surface area contributed by atoms with E-state index in [1.54, 1.807) is 0 Å². The van der Waals surface area contributed by atoms with Gasteiger partial charge in [-0.1, -0.05) is 58.4 Å². The Bertz CT molecular complexity index is 470. The molecule has 0 unspecified atom stereocenters. The number of hydrogen-bond acceptors (Lipinski definition) is 2. The molecule has 2 rings (SSSR count). The lowest BCUT2D eigenvalue weighted by Gasteiger charge is -2.12. The monoisotopic (exact) mass is 305 g/mol. The van der Waals surface area contributed by atoms with Crippen molar-refractivity contribution in [1.29, 1.82) is 0 Å². The van der Waals surface area contributed by atoms with Crippen LogP contribution in [0.15, 0.2) is 59.1 Å². The van der Waals surface area contributed by atoms with Crippen molar-refractivity contribution in [2.24, 2.45) is 0 Å². The zero-order valence-corrected chi connectivity index (χ0v) is 11.6. The normalized spacial score (nSPS) is 12.3. The molecule has 2 nitrogen and oxygen atoms in total. The number of halogens is 1. The molecule has 0 fully saturated rings. The minimum absolute atomic E-state index is 0.457. The van der Waals surface area contributed by atoms with E-state index in [9.17, 15) is 5.11 Å². The molecule has 0 radical (unpaired) electrons. The van der Waals surface area contributed by atoms with Crippen molar-refractivity contribution in [3.63, 3.8) is 0 Å². The molecule has 2 aromatic carbocycles. The highest BCUT2D eigenvalue weighted by Crippen LogP contribution is 2.12. The summed E-state index contributed by atoms with van der Waals surface area (Å²) in [6, 6.07) is 17.9. The van der Waals surface area contributed by atoms with Gasteiger partial charge in [0, 0.05) is 17.6 Å². The first kappa shape index (κ1) is 13.3. The van der Waals surface area contributed by atoms with Gasteiger partial charge in [-0.15, -0.1) is 0 Å². The van der Waals surface area contributed by atoms with Crippen LogP contribution in [0.3, 0.4) is 0 Å². The zero-order chi connectivity index (χ0) is 12.8. The van der Waals surface area contributed by atoms with E-state index in [2.05, 4.69) is 33.4 Å². The van der Waals surface area contributed by atoms with Gasteiger partial charge in [-0.2, -0.15) is 0 Å². The Kier molecular flexibility index (Phi) is 4.93. The van der Waals surface area contributed by atoms with Crippen molar-refractivity contribution >= 4 is 15.9 Å². The van der Waals surface area contributed by atoms with Crippen LogP contribution >= 0.6 is 15.9 Å². The van der Waals surface area contributed by atoms with Gasteiger partial charge >= 0.3 is 0 Å². The van der Waals surface area contributed by atoms with Gasteiger partial charge in [-0.3, -0.25) is 0 Å². The number of aliphatic hydroxyl groups is 1. The molecule has 3 heteroatoms. The van der Waals surface area contributed by atoms with Crippen LogP contribution in [0.25, 0.3) is 0 Å². The van der Waals surface area contributed by atoms with Crippen molar-refractivity contribution in [3.05, 3.63) is 70.2 Å². The highest BCUT2D eigenvalue weighted by molar-refractivity contribution is 9.10. The van der Waals surface area contributed by atoms with Gasteiger partial charge in [0.2, 0.25) is 0 Å². The number of rotatable bonds is 5. The van der Waals surface area contributed by atoms with Crippen molar-refractivity contribution < 1.29 is 5.11 Å².